The lowest BCUT2D eigenvalue weighted by atomic mass is 10.3. The second kappa shape index (κ2) is 4.69. The van der Waals surface area contributed by atoms with E-state index in [1.807, 2.05) is 30.3 Å². The Morgan fingerprint density at radius 3 is 2.70 bits per heavy atom. The molecule has 0 fully saturated rings. The van der Waals surface area contributed by atoms with Gasteiger partial charge in [0.2, 0.25) is 5.82 Å². The van der Waals surface area contributed by atoms with Gasteiger partial charge in [-0.2, -0.15) is 14.3 Å². The second-order valence-corrected chi connectivity index (χ2v) is 4.17. The Morgan fingerprint density at radius 2 is 2.00 bits per heavy atom. The van der Waals surface area contributed by atoms with E-state index in [4.69, 9.17) is 0 Å². The summed E-state index contributed by atoms with van der Waals surface area (Å²) in [5.41, 5.74) is 0.355. The molecule has 7 heteroatoms. The molecule has 0 saturated carbocycles. The first-order valence-corrected chi connectivity index (χ1v) is 5.90. The van der Waals surface area contributed by atoms with Crippen molar-refractivity contribution in [2.45, 2.75) is 6.92 Å². The Hall–Kier alpha value is -2.83. The number of nitrogens with one attached hydrogen (secondary N) is 1. The molecule has 100 valence electrons. The highest BCUT2D eigenvalue weighted by Gasteiger charge is 2.12. The van der Waals surface area contributed by atoms with Gasteiger partial charge in [0.15, 0.2) is 5.82 Å². The largest absolute Gasteiger partial charge is 0.303 e. The van der Waals surface area contributed by atoms with Crippen molar-refractivity contribution in [3.63, 3.8) is 0 Å². The van der Waals surface area contributed by atoms with E-state index < -0.39 is 11.4 Å². The van der Waals surface area contributed by atoms with E-state index in [-0.39, 0.29) is 11.5 Å². The predicted molar refractivity (Wildman–Crippen MR) is 69.9 cm³/mol. The minimum Gasteiger partial charge on any atom is -0.303 e. The van der Waals surface area contributed by atoms with Crippen LogP contribution in [0.2, 0.25) is 0 Å². The van der Waals surface area contributed by atoms with Gasteiger partial charge in [-0.15, -0.1) is 5.10 Å². The fourth-order valence-electron chi connectivity index (χ4n) is 1.75. The van der Waals surface area contributed by atoms with E-state index in [2.05, 4.69) is 20.2 Å². The maximum Gasteiger partial charge on any atom is 0.287 e. The van der Waals surface area contributed by atoms with Gasteiger partial charge >= 0.3 is 0 Å². The quantitative estimate of drug-likeness (QED) is 0.765. The standard InChI is InChI=1S/C13H10FN5O/c1-8-11(14)13(20)17-12(16-8)10-7-15-19(18-10)9-5-3-2-4-6-9/h2-7H,1H3,(H,16,17,20). The van der Waals surface area contributed by atoms with Crippen LogP contribution in [0.4, 0.5) is 4.39 Å². The summed E-state index contributed by atoms with van der Waals surface area (Å²) in [5, 5.41) is 8.31. The summed E-state index contributed by atoms with van der Waals surface area (Å²) in [6.07, 6.45) is 1.46. The average Bonchev–Trinajstić information content (AvgIpc) is 2.95. The summed E-state index contributed by atoms with van der Waals surface area (Å²) in [7, 11) is 0. The highest BCUT2D eigenvalue weighted by Crippen LogP contribution is 2.12. The molecule has 0 aliphatic carbocycles. The number of benzene rings is 1. The summed E-state index contributed by atoms with van der Waals surface area (Å²) < 4.78 is 13.2. The smallest absolute Gasteiger partial charge is 0.287 e. The Bertz CT molecular complexity index is 809. The third kappa shape index (κ3) is 2.09. The van der Waals surface area contributed by atoms with Gasteiger partial charge in [-0.1, -0.05) is 18.2 Å². The molecule has 0 unspecified atom stereocenters. The van der Waals surface area contributed by atoms with E-state index in [1.54, 1.807) is 0 Å². The van der Waals surface area contributed by atoms with Crippen LogP contribution in [0.3, 0.4) is 0 Å². The molecule has 0 radical (unpaired) electrons. The van der Waals surface area contributed by atoms with Crippen molar-refractivity contribution in [1.82, 2.24) is 25.0 Å². The van der Waals surface area contributed by atoms with Crippen LogP contribution in [-0.4, -0.2) is 25.0 Å². The molecule has 2 aromatic heterocycles. The number of aromatic amines is 1. The summed E-state index contributed by atoms with van der Waals surface area (Å²) >= 11 is 0. The monoisotopic (exact) mass is 271 g/mol. The molecule has 0 aliphatic rings. The molecule has 0 aliphatic heterocycles. The summed E-state index contributed by atoms with van der Waals surface area (Å²) in [4.78, 5) is 19.1. The van der Waals surface area contributed by atoms with Crippen molar-refractivity contribution in [1.29, 1.82) is 0 Å². The number of nitrogens with zero attached hydrogens (tertiary/aromatic N) is 4. The SMILES string of the molecule is Cc1nc(-c2cnn(-c3ccccc3)n2)[nH]c(=O)c1F. The Labute approximate surface area is 112 Å². The van der Waals surface area contributed by atoms with E-state index >= 15 is 0 Å². The number of H-pyrrole nitrogens is 1. The first-order chi connectivity index (χ1) is 9.65. The minimum absolute atomic E-state index is 0.0259. The maximum absolute atomic E-state index is 13.2. The molecule has 0 saturated heterocycles. The van der Waals surface area contributed by atoms with Crippen LogP contribution in [0.1, 0.15) is 5.69 Å². The normalized spacial score (nSPS) is 10.7. The van der Waals surface area contributed by atoms with Crippen molar-refractivity contribution in [3.8, 4) is 17.2 Å². The number of hydrogen-bond acceptors (Lipinski definition) is 4. The van der Waals surface area contributed by atoms with Crippen molar-refractivity contribution < 1.29 is 4.39 Å². The summed E-state index contributed by atoms with van der Waals surface area (Å²) in [6, 6.07) is 9.29. The Morgan fingerprint density at radius 1 is 1.25 bits per heavy atom. The van der Waals surface area contributed by atoms with Gasteiger partial charge in [-0.3, -0.25) is 4.79 Å². The molecule has 3 aromatic rings. The molecule has 6 nitrogen and oxygen atoms in total. The molecule has 1 N–H and O–H groups in total. The van der Waals surface area contributed by atoms with Gasteiger partial charge in [0.25, 0.3) is 5.56 Å². The highest BCUT2D eigenvalue weighted by molar-refractivity contribution is 5.47. The first kappa shape index (κ1) is 12.2. The minimum atomic E-state index is -0.885. The van der Waals surface area contributed by atoms with E-state index in [1.165, 1.54) is 17.9 Å². The molecule has 20 heavy (non-hydrogen) atoms. The molecule has 0 bridgehead atoms. The van der Waals surface area contributed by atoms with Crippen molar-refractivity contribution in [2.75, 3.05) is 0 Å². The summed E-state index contributed by atoms with van der Waals surface area (Å²) in [5.74, 6) is -0.694. The number of rotatable bonds is 2. The van der Waals surface area contributed by atoms with Crippen LogP contribution in [-0.2, 0) is 0 Å². The van der Waals surface area contributed by atoms with E-state index in [9.17, 15) is 9.18 Å². The van der Waals surface area contributed by atoms with Gasteiger partial charge in [0.05, 0.1) is 17.6 Å². The lowest BCUT2D eigenvalue weighted by Crippen LogP contribution is -2.15. The van der Waals surface area contributed by atoms with Gasteiger partial charge in [0, 0.05) is 0 Å². The Balaban J connectivity index is 2.05. The fourth-order valence-corrected chi connectivity index (χ4v) is 1.75. The zero-order chi connectivity index (χ0) is 14.1. The lowest BCUT2D eigenvalue weighted by molar-refractivity contribution is 0.589. The second-order valence-electron chi connectivity index (χ2n) is 4.17. The number of aromatic nitrogens is 5. The van der Waals surface area contributed by atoms with Crippen LogP contribution in [0, 0.1) is 12.7 Å². The molecule has 1 aromatic carbocycles. The zero-order valence-corrected chi connectivity index (χ0v) is 10.5. The number of para-hydroxylation sites is 1. The van der Waals surface area contributed by atoms with Crippen LogP contribution in [0.25, 0.3) is 17.2 Å². The molecule has 0 spiro atoms. The average molecular weight is 271 g/mol. The molecular formula is C13H10FN5O. The molecular weight excluding hydrogens is 261 g/mol. The zero-order valence-electron chi connectivity index (χ0n) is 10.5. The lowest BCUT2D eigenvalue weighted by Gasteiger charge is -1.99. The fraction of sp³-hybridized carbons (Fsp3) is 0.0769. The number of aryl methyl sites for hydroxylation is 1. The van der Waals surface area contributed by atoms with Crippen LogP contribution < -0.4 is 5.56 Å². The van der Waals surface area contributed by atoms with Gasteiger partial charge in [-0.05, 0) is 19.1 Å². The molecule has 0 amide bonds. The van der Waals surface area contributed by atoms with Crippen molar-refractivity contribution in [3.05, 3.63) is 58.4 Å². The van der Waals surface area contributed by atoms with Gasteiger partial charge in [0.1, 0.15) is 5.69 Å². The summed E-state index contributed by atoms with van der Waals surface area (Å²) in [6.45, 7) is 1.43. The number of halogens is 1. The van der Waals surface area contributed by atoms with Crippen LogP contribution in [0.15, 0.2) is 41.3 Å². The highest BCUT2D eigenvalue weighted by atomic mass is 19.1. The molecule has 0 atom stereocenters. The third-order valence-corrected chi connectivity index (χ3v) is 2.75. The number of hydrogen-bond donors (Lipinski definition) is 1. The van der Waals surface area contributed by atoms with E-state index in [0.29, 0.717) is 5.69 Å². The van der Waals surface area contributed by atoms with Gasteiger partial charge < -0.3 is 4.98 Å². The third-order valence-electron chi connectivity index (χ3n) is 2.75. The Kier molecular flexibility index (Phi) is 2.86. The maximum atomic E-state index is 13.2. The molecule has 2 heterocycles. The van der Waals surface area contributed by atoms with Crippen molar-refractivity contribution >= 4 is 0 Å². The van der Waals surface area contributed by atoms with Crippen LogP contribution in [0.5, 0.6) is 0 Å². The molecule has 3 rings (SSSR count). The van der Waals surface area contributed by atoms with E-state index in [0.717, 1.165) is 5.69 Å². The topological polar surface area (TPSA) is 76.5 Å². The predicted octanol–water partition coefficient (Wildman–Crippen LogP) is 1.47. The first-order valence-electron chi connectivity index (χ1n) is 5.90. The van der Waals surface area contributed by atoms with Crippen molar-refractivity contribution in [2.24, 2.45) is 0 Å². The van der Waals surface area contributed by atoms with Gasteiger partial charge in [-0.25, -0.2) is 4.98 Å². The van der Waals surface area contributed by atoms with Crippen LogP contribution >= 0.6 is 0 Å².